The first-order valence-corrected chi connectivity index (χ1v) is 6.83. The molecule has 0 unspecified atom stereocenters. The zero-order valence-electron chi connectivity index (χ0n) is 8.19. The van der Waals surface area contributed by atoms with Crippen LogP contribution in [-0.2, 0) is 9.36 Å². The highest BCUT2D eigenvalue weighted by molar-refractivity contribution is 7.52. The second-order valence-electron chi connectivity index (χ2n) is 4.05. The maximum absolute atomic E-state index is 11.0. The quantitative estimate of drug-likeness (QED) is 0.506. The lowest BCUT2D eigenvalue weighted by Gasteiger charge is -2.02. The van der Waals surface area contributed by atoms with Crippen LogP contribution in [0, 0.1) is 5.92 Å². The summed E-state index contributed by atoms with van der Waals surface area (Å²) in [4.78, 5) is 28.1. The van der Waals surface area contributed by atoms with Crippen LogP contribution >= 0.6 is 7.60 Å². The number of carbonyl (C=O) groups is 1. The van der Waals surface area contributed by atoms with Gasteiger partial charge in [-0.05, 0) is 12.3 Å². The third kappa shape index (κ3) is 6.30. The Hall–Kier alpha value is -0.180. The van der Waals surface area contributed by atoms with Crippen molar-refractivity contribution in [3.8, 4) is 0 Å². The van der Waals surface area contributed by atoms with Crippen molar-refractivity contribution in [1.82, 2.24) is 0 Å². The van der Waals surface area contributed by atoms with Crippen molar-refractivity contribution in [1.29, 1.82) is 0 Å². The molecule has 1 aliphatic rings. The van der Waals surface area contributed by atoms with E-state index in [2.05, 4.69) is 0 Å². The number of rotatable bonds is 7. The molecule has 1 aliphatic carbocycles. The van der Waals surface area contributed by atoms with Gasteiger partial charge in [-0.2, -0.15) is 0 Å². The second-order valence-corrected chi connectivity index (χ2v) is 5.70. The molecule has 0 radical (unpaired) electrons. The summed E-state index contributed by atoms with van der Waals surface area (Å²) in [5.41, 5.74) is 0. The van der Waals surface area contributed by atoms with Crippen LogP contribution in [-0.4, -0.2) is 21.7 Å². The first-order valence-electron chi connectivity index (χ1n) is 5.03. The van der Waals surface area contributed by atoms with Crippen LogP contribution < -0.4 is 0 Å². The molecule has 1 rings (SSSR count). The van der Waals surface area contributed by atoms with Gasteiger partial charge in [0.15, 0.2) is 0 Å². The van der Waals surface area contributed by atoms with Gasteiger partial charge in [0, 0.05) is 6.42 Å². The maximum atomic E-state index is 11.0. The normalized spacial score (nSPS) is 17.0. The van der Waals surface area contributed by atoms with Crippen LogP contribution in [0.25, 0.3) is 0 Å². The van der Waals surface area contributed by atoms with Gasteiger partial charge in [0.25, 0.3) is 0 Å². The SMILES string of the molecule is O=C(CCCCC1CC1)CP(=O)(O)O. The van der Waals surface area contributed by atoms with Crippen molar-refractivity contribution in [2.75, 3.05) is 6.16 Å². The average Bonchev–Trinajstić information content (AvgIpc) is 2.77. The molecule has 0 aromatic carbocycles. The van der Waals surface area contributed by atoms with E-state index < -0.39 is 13.8 Å². The fraction of sp³-hybridized carbons (Fsp3) is 0.889. The zero-order chi connectivity index (χ0) is 10.6. The summed E-state index contributed by atoms with van der Waals surface area (Å²) in [5.74, 6) is 0.556. The largest absolute Gasteiger partial charge is 0.332 e. The van der Waals surface area contributed by atoms with Crippen LogP contribution in [0.5, 0.6) is 0 Å². The Morgan fingerprint density at radius 3 is 2.43 bits per heavy atom. The molecule has 0 aliphatic heterocycles. The molecule has 82 valence electrons. The van der Waals surface area contributed by atoms with E-state index in [4.69, 9.17) is 9.79 Å². The van der Waals surface area contributed by atoms with Crippen molar-refractivity contribution in [3.05, 3.63) is 0 Å². The number of carbonyl (C=O) groups excluding carboxylic acids is 1. The fourth-order valence-corrected chi connectivity index (χ4v) is 2.09. The standard InChI is InChI=1S/C9H17O4P/c10-9(7-14(11,12)13)4-2-1-3-8-5-6-8/h8H,1-7H2,(H2,11,12,13). The van der Waals surface area contributed by atoms with E-state index in [9.17, 15) is 9.36 Å². The second kappa shape index (κ2) is 5.06. The third-order valence-electron chi connectivity index (χ3n) is 2.40. The van der Waals surface area contributed by atoms with Gasteiger partial charge < -0.3 is 9.79 Å². The molecule has 0 spiro atoms. The predicted molar refractivity (Wildman–Crippen MR) is 53.1 cm³/mol. The molecule has 0 amide bonds. The lowest BCUT2D eigenvalue weighted by Crippen LogP contribution is -2.04. The Bertz CT molecular complexity index is 241. The molecule has 0 heterocycles. The molecule has 1 fully saturated rings. The minimum Gasteiger partial charge on any atom is -0.324 e. The molecular formula is C9H17O4P. The Balaban J connectivity index is 1.99. The number of hydrogen-bond donors (Lipinski definition) is 2. The van der Waals surface area contributed by atoms with E-state index in [1.807, 2.05) is 0 Å². The van der Waals surface area contributed by atoms with E-state index >= 15 is 0 Å². The smallest absolute Gasteiger partial charge is 0.324 e. The Morgan fingerprint density at radius 1 is 1.29 bits per heavy atom. The van der Waals surface area contributed by atoms with Gasteiger partial charge in [-0.3, -0.25) is 9.36 Å². The predicted octanol–water partition coefficient (Wildman–Crippen LogP) is 1.70. The minimum absolute atomic E-state index is 0.311. The third-order valence-corrected chi connectivity index (χ3v) is 3.16. The summed E-state index contributed by atoms with van der Waals surface area (Å²) in [6, 6.07) is 0. The summed E-state index contributed by atoms with van der Waals surface area (Å²) in [7, 11) is -4.13. The molecule has 0 aromatic rings. The van der Waals surface area contributed by atoms with Gasteiger partial charge in [-0.1, -0.05) is 25.7 Å². The number of Topliss-reactive ketones (excluding diaryl/α,β-unsaturated/α-hetero) is 1. The number of ketones is 1. The van der Waals surface area contributed by atoms with Gasteiger partial charge in [0.05, 0.1) is 0 Å². The lowest BCUT2D eigenvalue weighted by atomic mass is 10.1. The van der Waals surface area contributed by atoms with E-state index in [-0.39, 0.29) is 5.78 Å². The molecule has 1 saturated carbocycles. The highest BCUT2D eigenvalue weighted by Crippen LogP contribution is 2.35. The first kappa shape index (κ1) is 11.9. The summed E-state index contributed by atoms with van der Waals surface area (Å²) < 4.78 is 10.5. The molecule has 0 aromatic heterocycles. The van der Waals surface area contributed by atoms with Crippen LogP contribution in [0.1, 0.15) is 38.5 Å². The fourth-order valence-electron chi connectivity index (χ4n) is 1.47. The molecule has 0 atom stereocenters. The summed E-state index contributed by atoms with van der Waals surface area (Å²) >= 11 is 0. The van der Waals surface area contributed by atoms with E-state index in [0.717, 1.165) is 18.8 Å². The van der Waals surface area contributed by atoms with Gasteiger partial charge in [0.2, 0.25) is 0 Å². The van der Waals surface area contributed by atoms with Crippen molar-refractivity contribution < 1.29 is 19.1 Å². The highest BCUT2D eigenvalue weighted by Gasteiger charge is 2.21. The summed E-state index contributed by atoms with van der Waals surface area (Å²) in [5, 5.41) is 0. The van der Waals surface area contributed by atoms with Crippen LogP contribution in [0.4, 0.5) is 0 Å². The van der Waals surface area contributed by atoms with E-state index in [0.29, 0.717) is 6.42 Å². The molecule has 0 saturated heterocycles. The van der Waals surface area contributed by atoms with Crippen molar-refractivity contribution >= 4 is 13.4 Å². The van der Waals surface area contributed by atoms with Crippen molar-refractivity contribution in [2.24, 2.45) is 5.92 Å². The zero-order valence-corrected chi connectivity index (χ0v) is 9.08. The Labute approximate surface area is 83.9 Å². The molecule has 2 N–H and O–H groups in total. The van der Waals surface area contributed by atoms with Crippen LogP contribution in [0.15, 0.2) is 0 Å². The molecule has 0 bridgehead atoms. The number of unbranched alkanes of at least 4 members (excludes halogenated alkanes) is 1. The lowest BCUT2D eigenvalue weighted by molar-refractivity contribution is -0.117. The van der Waals surface area contributed by atoms with Gasteiger partial charge in [-0.15, -0.1) is 0 Å². The first-order chi connectivity index (χ1) is 6.47. The molecule has 5 heteroatoms. The van der Waals surface area contributed by atoms with E-state index in [1.54, 1.807) is 0 Å². The Kier molecular flexibility index (Phi) is 4.30. The number of hydrogen-bond acceptors (Lipinski definition) is 2. The topological polar surface area (TPSA) is 74.6 Å². The van der Waals surface area contributed by atoms with Crippen LogP contribution in [0.2, 0.25) is 0 Å². The van der Waals surface area contributed by atoms with Gasteiger partial charge in [0.1, 0.15) is 11.9 Å². The van der Waals surface area contributed by atoms with Crippen molar-refractivity contribution in [3.63, 3.8) is 0 Å². The van der Waals surface area contributed by atoms with Crippen molar-refractivity contribution in [2.45, 2.75) is 38.5 Å². The molecule has 14 heavy (non-hydrogen) atoms. The Morgan fingerprint density at radius 2 is 1.93 bits per heavy atom. The van der Waals surface area contributed by atoms with Gasteiger partial charge >= 0.3 is 7.60 Å². The average molecular weight is 220 g/mol. The minimum atomic E-state index is -4.13. The maximum Gasteiger partial charge on any atom is 0.332 e. The van der Waals surface area contributed by atoms with E-state index in [1.165, 1.54) is 19.3 Å². The van der Waals surface area contributed by atoms with Crippen LogP contribution in [0.3, 0.4) is 0 Å². The molecular weight excluding hydrogens is 203 g/mol. The monoisotopic (exact) mass is 220 g/mol. The highest BCUT2D eigenvalue weighted by atomic mass is 31.2. The van der Waals surface area contributed by atoms with Gasteiger partial charge in [-0.25, -0.2) is 0 Å². The summed E-state index contributed by atoms with van der Waals surface area (Å²) in [6.07, 6.45) is 5.32. The molecule has 4 nitrogen and oxygen atoms in total. The summed E-state index contributed by atoms with van der Waals surface area (Å²) in [6.45, 7) is 0.